The SMILES string of the molecule is COC(C)C(=O)N(c1ccccc1)C1CCN(CCc2ccccc2)CC1C. The van der Waals surface area contributed by atoms with E-state index in [1.54, 1.807) is 7.11 Å². The third kappa shape index (κ3) is 5.00. The van der Waals surface area contributed by atoms with Crippen LogP contribution in [0.3, 0.4) is 0 Å². The molecule has 28 heavy (non-hydrogen) atoms. The molecule has 0 N–H and O–H groups in total. The summed E-state index contributed by atoms with van der Waals surface area (Å²) < 4.78 is 5.35. The van der Waals surface area contributed by atoms with Gasteiger partial charge in [0.1, 0.15) is 6.10 Å². The number of hydrogen-bond acceptors (Lipinski definition) is 3. The smallest absolute Gasteiger partial charge is 0.256 e. The van der Waals surface area contributed by atoms with Gasteiger partial charge in [0.15, 0.2) is 0 Å². The van der Waals surface area contributed by atoms with Gasteiger partial charge >= 0.3 is 0 Å². The van der Waals surface area contributed by atoms with Gasteiger partial charge in [-0.1, -0.05) is 55.5 Å². The zero-order valence-corrected chi connectivity index (χ0v) is 17.3. The molecule has 4 heteroatoms. The Balaban J connectivity index is 1.68. The molecular weight excluding hydrogens is 348 g/mol. The molecule has 2 aromatic carbocycles. The molecule has 0 aromatic heterocycles. The highest BCUT2D eigenvalue weighted by Gasteiger charge is 2.35. The van der Waals surface area contributed by atoms with Crippen molar-refractivity contribution in [2.24, 2.45) is 5.92 Å². The number of nitrogens with zero attached hydrogens (tertiary/aromatic N) is 2. The highest BCUT2D eigenvalue weighted by molar-refractivity contribution is 5.97. The van der Waals surface area contributed by atoms with Crippen LogP contribution >= 0.6 is 0 Å². The van der Waals surface area contributed by atoms with Crippen molar-refractivity contribution >= 4 is 11.6 Å². The van der Waals surface area contributed by atoms with E-state index in [1.165, 1.54) is 5.56 Å². The molecule has 0 bridgehead atoms. The van der Waals surface area contributed by atoms with E-state index in [0.29, 0.717) is 5.92 Å². The van der Waals surface area contributed by atoms with Crippen molar-refractivity contribution in [3.63, 3.8) is 0 Å². The lowest BCUT2D eigenvalue weighted by Gasteiger charge is -2.43. The minimum absolute atomic E-state index is 0.0447. The summed E-state index contributed by atoms with van der Waals surface area (Å²) in [6.45, 7) is 7.18. The van der Waals surface area contributed by atoms with E-state index in [0.717, 1.165) is 38.2 Å². The normalized spacial score (nSPS) is 21.2. The molecule has 1 amide bonds. The standard InChI is InChI=1S/C24H32N2O2/c1-19-18-25(16-14-21-10-6-4-7-11-21)17-15-23(19)26(24(27)20(2)28-3)22-12-8-5-9-13-22/h4-13,19-20,23H,14-18H2,1-3H3. The van der Waals surface area contributed by atoms with E-state index in [9.17, 15) is 4.79 Å². The number of amides is 1. The fourth-order valence-electron chi connectivity index (χ4n) is 4.11. The summed E-state index contributed by atoms with van der Waals surface area (Å²) in [6, 6.07) is 20.9. The van der Waals surface area contributed by atoms with Gasteiger partial charge in [-0.05, 0) is 43.4 Å². The number of piperidine rings is 1. The van der Waals surface area contributed by atoms with Crippen molar-refractivity contribution in [2.75, 3.05) is 31.6 Å². The molecule has 0 saturated carbocycles. The molecule has 4 nitrogen and oxygen atoms in total. The van der Waals surface area contributed by atoms with Crippen LogP contribution in [-0.4, -0.2) is 49.7 Å². The van der Waals surface area contributed by atoms with E-state index in [1.807, 2.05) is 42.2 Å². The number of likely N-dealkylation sites (tertiary alicyclic amines) is 1. The zero-order valence-electron chi connectivity index (χ0n) is 17.3. The Bertz CT molecular complexity index is 735. The van der Waals surface area contributed by atoms with Crippen molar-refractivity contribution < 1.29 is 9.53 Å². The minimum atomic E-state index is -0.441. The molecule has 1 aliphatic heterocycles. The molecule has 3 rings (SSSR count). The summed E-state index contributed by atoms with van der Waals surface area (Å²) in [4.78, 5) is 17.6. The van der Waals surface area contributed by atoms with Crippen molar-refractivity contribution in [3.8, 4) is 0 Å². The summed E-state index contributed by atoms with van der Waals surface area (Å²) in [7, 11) is 1.60. The molecule has 1 saturated heterocycles. The van der Waals surface area contributed by atoms with Crippen LogP contribution in [0.25, 0.3) is 0 Å². The third-order valence-electron chi connectivity index (χ3n) is 5.81. The van der Waals surface area contributed by atoms with Crippen molar-refractivity contribution in [1.29, 1.82) is 0 Å². The number of rotatable bonds is 7. The summed E-state index contributed by atoms with van der Waals surface area (Å²) in [6.07, 6.45) is 1.61. The van der Waals surface area contributed by atoms with E-state index < -0.39 is 6.10 Å². The van der Waals surface area contributed by atoms with Crippen LogP contribution in [0.2, 0.25) is 0 Å². The summed E-state index contributed by atoms with van der Waals surface area (Å²) >= 11 is 0. The van der Waals surface area contributed by atoms with Gasteiger partial charge in [0, 0.05) is 38.5 Å². The Morgan fingerprint density at radius 3 is 2.39 bits per heavy atom. The number of methoxy groups -OCH3 is 1. The molecule has 3 unspecified atom stereocenters. The lowest BCUT2D eigenvalue weighted by atomic mass is 9.91. The Hall–Kier alpha value is -2.17. The Morgan fingerprint density at radius 2 is 1.79 bits per heavy atom. The van der Waals surface area contributed by atoms with Crippen LogP contribution in [0, 0.1) is 5.92 Å². The summed E-state index contributed by atoms with van der Waals surface area (Å²) in [5, 5.41) is 0. The first-order chi connectivity index (χ1) is 13.6. The van der Waals surface area contributed by atoms with Gasteiger partial charge < -0.3 is 14.5 Å². The van der Waals surface area contributed by atoms with Crippen molar-refractivity contribution in [2.45, 2.75) is 38.8 Å². The van der Waals surface area contributed by atoms with Crippen LogP contribution in [-0.2, 0) is 16.0 Å². The molecule has 3 atom stereocenters. The van der Waals surface area contributed by atoms with Crippen LogP contribution in [0.1, 0.15) is 25.8 Å². The predicted molar refractivity (Wildman–Crippen MR) is 115 cm³/mol. The summed E-state index contributed by atoms with van der Waals surface area (Å²) in [5.74, 6) is 0.445. The first-order valence-electron chi connectivity index (χ1n) is 10.3. The van der Waals surface area contributed by atoms with Gasteiger partial charge in [-0.25, -0.2) is 0 Å². The van der Waals surface area contributed by atoms with Crippen LogP contribution in [0.15, 0.2) is 60.7 Å². The van der Waals surface area contributed by atoms with E-state index in [2.05, 4.69) is 42.2 Å². The number of ether oxygens (including phenoxy) is 1. The molecule has 1 heterocycles. The quantitative estimate of drug-likeness (QED) is 0.728. The monoisotopic (exact) mass is 380 g/mol. The highest BCUT2D eigenvalue weighted by atomic mass is 16.5. The number of hydrogen-bond donors (Lipinski definition) is 0. The molecule has 1 aliphatic rings. The fourth-order valence-corrected chi connectivity index (χ4v) is 4.11. The van der Waals surface area contributed by atoms with Crippen LogP contribution in [0.4, 0.5) is 5.69 Å². The maximum Gasteiger partial charge on any atom is 0.256 e. The van der Waals surface area contributed by atoms with Crippen molar-refractivity contribution in [3.05, 3.63) is 66.2 Å². The molecule has 1 fully saturated rings. The molecule has 2 aromatic rings. The zero-order chi connectivity index (χ0) is 19.9. The van der Waals surface area contributed by atoms with Gasteiger partial charge in [0.05, 0.1) is 0 Å². The second-order valence-electron chi connectivity index (χ2n) is 7.79. The predicted octanol–water partition coefficient (Wildman–Crippen LogP) is 4.01. The van der Waals surface area contributed by atoms with Gasteiger partial charge in [-0.3, -0.25) is 4.79 Å². The van der Waals surface area contributed by atoms with E-state index in [-0.39, 0.29) is 11.9 Å². The first kappa shape index (κ1) is 20.6. The van der Waals surface area contributed by atoms with Crippen LogP contribution in [0.5, 0.6) is 0 Å². The number of anilines is 1. The lowest BCUT2D eigenvalue weighted by Crippen LogP contribution is -2.54. The number of benzene rings is 2. The lowest BCUT2D eigenvalue weighted by molar-refractivity contribution is -0.128. The van der Waals surface area contributed by atoms with Gasteiger partial charge in [0.25, 0.3) is 5.91 Å². The molecule has 0 spiro atoms. The van der Waals surface area contributed by atoms with Gasteiger partial charge in [0.2, 0.25) is 0 Å². The second kappa shape index (κ2) is 9.85. The topological polar surface area (TPSA) is 32.8 Å². The Labute approximate surface area is 169 Å². The number of carbonyl (C=O) groups is 1. The van der Waals surface area contributed by atoms with Crippen LogP contribution < -0.4 is 4.90 Å². The third-order valence-corrected chi connectivity index (χ3v) is 5.81. The molecule has 0 radical (unpaired) electrons. The summed E-state index contributed by atoms with van der Waals surface area (Å²) in [5.41, 5.74) is 2.35. The van der Waals surface area contributed by atoms with Gasteiger partial charge in [-0.15, -0.1) is 0 Å². The van der Waals surface area contributed by atoms with E-state index >= 15 is 0 Å². The highest BCUT2D eigenvalue weighted by Crippen LogP contribution is 2.28. The van der Waals surface area contributed by atoms with Crippen molar-refractivity contribution in [1.82, 2.24) is 4.90 Å². The Morgan fingerprint density at radius 1 is 1.14 bits per heavy atom. The largest absolute Gasteiger partial charge is 0.372 e. The van der Waals surface area contributed by atoms with E-state index in [4.69, 9.17) is 4.74 Å². The maximum atomic E-state index is 13.1. The number of carbonyl (C=O) groups excluding carboxylic acids is 1. The minimum Gasteiger partial charge on any atom is -0.372 e. The molecule has 150 valence electrons. The molecular formula is C24H32N2O2. The second-order valence-corrected chi connectivity index (χ2v) is 7.79. The first-order valence-corrected chi connectivity index (χ1v) is 10.3. The molecule has 0 aliphatic carbocycles. The number of para-hydroxylation sites is 1. The van der Waals surface area contributed by atoms with Gasteiger partial charge in [-0.2, -0.15) is 0 Å². The average molecular weight is 381 g/mol. The fraction of sp³-hybridized carbons (Fsp3) is 0.458. The maximum absolute atomic E-state index is 13.1. The Kier molecular flexibility index (Phi) is 7.24. The average Bonchev–Trinajstić information content (AvgIpc) is 2.74.